The number of carbonyl (C=O) groups is 1. The first kappa shape index (κ1) is 21.5. The summed E-state index contributed by atoms with van der Waals surface area (Å²) in [5.74, 6) is 1.40. The molecule has 0 aliphatic heterocycles. The van der Waals surface area contributed by atoms with E-state index < -0.39 is 0 Å². The molecule has 164 valence electrons. The Morgan fingerprint density at radius 2 is 1.81 bits per heavy atom. The van der Waals surface area contributed by atoms with Crippen LogP contribution in [-0.2, 0) is 24.3 Å². The number of amides is 1. The molecule has 0 saturated heterocycles. The number of nitrogens with zero attached hydrogens (tertiary/aromatic N) is 3. The zero-order chi connectivity index (χ0) is 22.3. The van der Waals surface area contributed by atoms with Crippen molar-refractivity contribution in [3.8, 4) is 5.75 Å². The lowest BCUT2D eigenvalue weighted by Gasteiger charge is -2.09. The standard InChI is InChI=1S/C25H25FN4O2/c1-32-21-13-9-18(10-14-21)16-28-24(31)6-2-5-23-29-22-4-3-15-27-25(22)30(23)17-19-7-11-20(26)12-8-19/h3-4,7-15H,2,5-6,16-17H2,1H3,(H,28,31). The fraction of sp³-hybridized carbons (Fsp3) is 0.240. The number of methoxy groups -OCH3 is 1. The lowest BCUT2D eigenvalue weighted by Crippen LogP contribution is -2.22. The van der Waals surface area contributed by atoms with Crippen LogP contribution in [0, 0.1) is 5.82 Å². The van der Waals surface area contributed by atoms with E-state index in [-0.39, 0.29) is 11.7 Å². The van der Waals surface area contributed by atoms with Gasteiger partial charge in [-0.25, -0.2) is 14.4 Å². The molecule has 0 atom stereocenters. The van der Waals surface area contributed by atoms with Gasteiger partial charge in [-0.3, -0.25) is 4.79 Å². The Balaban J connectivity index is 1.37. The molecule has 0 bridgehead atoms. The third-order valence-corrected chi connectivity index (χ3v) is 5.29. The van der Waals surface area contributed by atoms with E-state index in [0.717, 1.165) is 33.9 Å². The third kappa shape index (κ3) is 5.29. The summed E-state index contributed by atoms with van der Waals surface area (Å²) in [5, 5.41) is 2.95. The van der Waals surface area contributed by atoms with Gasteiger partial charge in [0.15, 0.2) is 5.65 Å². The van der Waals surface area contributed by atoms with Crippen LogP contribution >= 0.6 is 0 Å². The molecule has 0 fully saturated rings. The van der Waals surface area contributed by atoms with Crippen LogP contribution in [0.3, 0.4) is 0 Å². The second kappa shape index (κ2) is 10.0. The Kier molecular flexibility index (Phi) is 6.75. The van der Waals surface area contributed by atoms with Crippen molar-refractivity contribution in [3.05, 3.63) is 89.6 Å². The van der Waals surface area contributed by atoms with Crippen molar-refractivity contribution < 1.29 is 13.9 Å². The molecule has 4 rings (SSSR count). The Morgan fingerprint density at radius 1 is 1.06 bits per heavy atom. The van der Waals surface area contributed by atoms with Gasteiger partial charge in [-0.05, 0) is 53.9 Å². The van der Waals surface area contributed by atoms with Gasteiger partial charge < -0.3 is 14.6 Å². The van der Waals surface area contributed by atoms with Crippen molar-refractivity contribution in [1.29, 1.82) is 0 Å². The number of fused-ring (bicyclic) bond motifs is 1. The number of benzene rings is 2. The van der Waals surface area contributed by atoms with Crippen LogP contribution in [0.15, 0.2) is 66.9 Å². The maximum Gasteiger partial charge on any atom is 0.220 e. The lowest BCUT2D eigenvalue weighted by molar-refractivity contribution is -0.121. The predicted molar refractivity (Wildman–Crippen MR) is 121 cm³/mol. The van der Waals surface area contributed by atoms with Crippen LogP contribution in [0.25, 0.3) is 11.2 Å². The number of hydrogen-bond donors (Lipinski definition) is 1. The fourth-order valence-corrected chi connectivity index (χ4v) is 3.57. The van der Waals surface area contributed by atoms with Gasteiger partial charge in [-0.2, -0.15) is 0 Å². The molecule has 0 saturated carbocycles. The van der Waals surface area contributed by atoms with E-state index in [1.807, 2.05) is 41.0 Å². The number of aryl methyl sites for hydroxylation is 1. The normalized spacial score (nSPS) is 10.9. The van der Waals surface area contributed by atoms with E-state index in [1.165, 1.54) is 12.1 Å². The molecule has 6 nitrogen and oxygen atoms in total. The van der Waals surface area contributed by atoms with Gasteiger partial charge >= 0.3 is 0 Å². The van der Waals surface area contributed by atoms with E-state index in [9.17, 15) is 9.18 Å². The number of nitrogens with one attached hydrogen (secondary N) is 1. The average molecular weight is 432 g/mol. The topological polar surface area (TPSA) is 69.0 Å². The minimum absolute atomic E-state index is 0.000128. The minimum atomic E-state index is -0.261. The van der Waals surface area contributed by atoms with E-state index in [4.69, 9.17) is 9.72 Å². The first-order valence-electron chi connectivity index (χ1n) is 10.6. The minimum Gasteiger partial charge on any atom is -0.497 e. The van der Waals surface area contributed by atoms with Crippen LogP contribution in [-0.4, -0.2) is 27.6 Å². The summed E-state index contributed by atoms with van der Waals surface area (Å²) in [4.78, 5) is 21.5. The molecule has 1 N–H and O–H groups in total. The predicted octanol–water partition coefficient (Wildman–Crippen LogP) is 4.27. The van der Waals surface area contributed by atoms with Crippen molar-refractivity contribution in [3.63, 3.8) is 0 Å². The van der Waals surface area contributed by atoms with Crippen LogP contribution in [0.4, 0.5) is 4.39 Å². The summed E-state index contributed by atoms with van der Waals surface area (Å²) in [7, 11) is 1.63. The second-order valence-corrected chi connectivity index (χ2v) is 7.57. The lowest BCUT2D eigenvalue weighted by atomic mass is 10.2. The molecule has 4 aromatic rings. The monoisotopic (exact) mass is 432 g/mol. The largest absolute Gasteiger partial charge is 0.497 e. The van der Waals surface area contributed by atoms with Crippen molar-refractivity contribution in [2.75, 3.05) is 7.11 Å². The summed E-state index contributed by atoms with van der Waals surface area (Å²) >= 11 is 0. The molecule has 2 aromatic carbocycles. The van der Waals surface area contributed by atoms with Crippen molar-refractivity contribution >= 4 is 17.1 Å². The molecule has 0 spiro atoms. The van der Waals surface area contributed by atoms with Crippen molar-refractivity contribution in [1.82, 2.24) is 19.9 Å². The summed E-state index contributed by atoms with van der Waals surface area (Å²) in [6, 6.07) is 17.8. The van der Waals surface area contributed by atoms with E-state index in [0.29, 0.717) is 32.4 Å². The van der Waals surface area contributed by atoms with Gasteiger partial charge in [0.25, 0.3) is 0 Å². The van der Waals surface area contributed by atoms with Crippen molar-refractivity contribution in [2.24, 2.45) is 0 Å². The maximum atomic E-state index is 13.3. The summed E-state index contributed by atoms with van der Waals surface area (Å²) in [6.45, 7) is 1.03. The number of aromatic nitrogens is 3. The number of ether oxygens (including phenoxy) is 1. The van der Waals surface area contributed by atoms with E-state index in [1.54, 1.807) is 25.4 Å². The molecule has 2 heterocycles. The van der Waals surface area contributed by atoms with Gasteiger partial charge in [0.1, 0.15) is 22.9 Å². The molecule has 1 amide bonds. The maximum absolute atomic E-state index is 13.3. The zero-order valence-corrected chi connectivity index (χ0v) is 17.9. The van der Waals surface area contributed by atoms with Gasteiger partial charge in [-0.1, -0.05) is 24.3 Å². The van der Waals surface area contributed by atoms with Crippen LogP contribution < -0.4 is 10.1 Å². The molecular formula is C25H25FN4O2. The Morgan fingerprint density at radius 3 is 2.56 bits per heavy atom. The molecule has 0 aliphatic carbocycles. The van der Waals surface area contributed by atoms with Gasteiger partial charge in [0, 0.05) is 25.6 Å². The summed E-state index contributed by atoms with van der Waals surface area (Å²) < 4.78 is 20.5. The first-order valence-corrected chi connectivity index (χ1v) is 10.6. The summed E-state index contributed by atoms with van der Waals surface area (Å²) in [6.07, 6.45) is 3.46. The SMILES string of the molecule is COc1ccc(CNC(=O)CCCc2nc3cccnc3n2Cc2ccc(F)cc2)cc1. The fourth-order valence-electron chi connectivity index (χ4n) is 3.57. The highest BCUT2D eigenvalue weighted by atomic mass is 19.1. The second-order valence-electron chi connectivity index (χ2n) is 7.57. The number of rotatable bonds is 9. The zero-order valence-electron chi connectivity index (χ0n) is 17.9. The van der Waals surface area contributed by atoms with Gasteiger partial charge in [-0.15, -0.1) is 0 Å². The molecule has 0 unspecified atom stereocenters. The molecule has 7 heteroatoms. The first-order chi connectivity index (χ1) is 15.6. The Labute approximate surface area is 186 Å². The van der Waals surface area contributed by atoms with E-state index >= 15 is 0 Å². The highest BCUT2D eigenvalue weighted by Gasteiger charge is 2.13. The molecule has 0 radical (unpaired) electrons. The van der Waals surface area contributed by atoms with Crippen molar-refractivity contribution in [2.45, 2.75) is 32.4 Å². The average Bonchev–Trinajstić information content (AvgIpc) is 3.16. The smallest absolute Gasteiger partial charge is 0.220 e. The highest BCUT2D eigenvalue weighted by molar-refractivity contribution is 5.76. The molecule has 32 heavy (non-hydrogen) atoms. The Hall–Kier alpha value is -3.74. The van der Waals surface area contributed by atoms with Gasteiger partial charge in [0.2, 0.25) is 5.91 Å². The quantitative estimate of drug-likeness (QED) is 0.429. The number of hydrogen-bond acceptors (Lipinski definition) is 4. The number of halogens is 1. The Bertz CT molecular complexity index is 1190. The number of pyridine rings is 1. The van der Waals surface area contributed by atoms with E-state index in [2.05, 4.69) is 10.3 Å². The third-order valence-electron chi connectivity index (χ3n) is 5.29. The number of carbonyl (C=O) groups excluding carboxylic acids is 1. The molecule has 0 aliphatic rings. The van der Waals surface area contributed by atoms with Crippen LogP contribution in [0.2, 0.25) is 0 Å². The van der Waals surface area contributed by atoms with Crippen LogP contribution in [0.1, 0.15) is 29.8 Å². The molecular weight excluding hydrogens is 407 g/mol. The van der Waals surface area contributed by atoms with Crippen LogP contribution in [0.5, 0.6) is 5.75 Å². The molecule has 2 aromatic heterocycles. The summed E-state index contributed by atoms with van der Waals surface area (Å²) in [5.41, 5.74) is 3.59. The number of imidazole rings is 1. The highest BCUT2D eigenvalue weighted by Crippen LogP contribution is 2.18. The van der Waals surface area contributed by atoms with Gasteiger partial charge in [0.05, 0.1) is 13.7 Å².